The molecule has 0 aliphatic carbocycles. The molecule has 21 heavy (non-hydrogen) atoms. The van der Waals surface area contributed by atoms with Crippen LogP contribution in [0.2, 0.25) is 0 Å². The van der Waals surface area contributed by atoms with Crippen LogP contribution in [0.5, 0.6) is 0 Å². The van der Waals surface area contributed by atoms with Gasteiger partial charge in [0.05, 0.1) is 0 Å². The molecule has 6 heteroatoms. The molecule has 0 fully saturated rings. The maximum Gasteiger partial charge on any atom is 0.331 e. The molecule has 0 aromatic carbocycles. The first-order valence-corrected chi connectivity index (χ1v) is 8.29. The minimum absolute atomic E-state index is 0.272. The highest BCUT2D eigenvalue weighted by Crippen LogP contribution is 2.33. The number of carbonyl (C=O) groups excluding carboxylic acids is 1. The van der Waals surface area contributed by atoms with Crippen molar-refractivity contribution in [3.63, 3.8) is 0 Å². The molecule has 1 aromatic heterocycles. The van der Waals surface area contributed by atoms with E-state index in [1.165, 1.54) is 4.90 Å². The van der Waals surface area contributed by atoms with Crippen molar-refractivity contribution in [2.75, 3.05) is 13.1 Å². The molecule has 1 aliphatic heterocycles. The second kappa shape index (κ2) is 6.93. The summed E-state index contributed by atoms with van der Waals surface area (Å²) in [6.45, 7) is 5.25. The topological polar surface area (TPSA) is 69.6 Å². The Morgan fingerprint density at radius 2 is 2.19 bits per heavy atom. The largest absolute Gasteiger partial charge is 0.479 e. The second-order valence-corrected chi connectivity index (χ2v) is 6.35. The number of amides is 2. The van der Waals surface area contributed by atoms with E-state index < -0.39 is 12.0 Å². The van der Waals surface area contributed by atoms with Crippen LogP contribution >= 0.6 is 11.3 Å². The molecule has 0 spiro atoms. The summed E-state index contributed by atoms with van der Waals surface area (Å²) in [6.07, 6.45) is 2.75. The van der Waals surface area contributed by atoms with Gasteiger partial charge in [0.1, 0.15) is 0 Å². The molecule has 0 saturated heterocycles. The smallest absolute Gasteiger partial charge is 0.331 e. The number of urea groups is 1. The fraction of sp³-hybridized carbons (Fsp3) is 0.600. The molecule has 0 radical (unpaired) electrons. The summed E-state index contributed by atoms with van der Waals surface area (Å²) < 4.78 is 0. The van der Waals surface area contributed by atoms with Gasteiger partial charge in [-0.05, 0) is 29.3 Å². The van der Waals surface area contributed by atoms with E-state index in [9.17, 15) is 14.7 Å². The van der Waals surface area contributed by atoms with Crippen LogP contribution in [-0.4, -0.2) is 35.1 Å². The predicted molar refractivity (Wildman–Crippen MR) is 82.6 cm³/mol. The first-order chi connectivity index (χ1) is 10.1. The second-order valence-electron chi connectivity index (χ2n) is 5.35. The molecule has 5 nitrogen and oxygen atoms in total. The van der Waals surface area contributed by atoms with Crippen molar-refractivity contribution < 1.29 is 14.7 Å². The first-order valence-electron chi connectivity index (χ1n) is 7.42. The summed E-state index contributed by atoms with van der Waals surface area (Å²) in [5.41, 5.74) is 0.761. The molecular weight excluding hydrogens is 288 g/mol. The summed E-state index contributed by atoms with van der Waals surface area (Å²) in [6, 6.07) is 0.687. The van der Waals surface area contributed by atoms with Gasteiger partial charge in [0.15, 0.2) is 6.04 Å². The number of thiophene rings is 1. The van der Waals surface area contributed by atoms with Crippen molar-refractivity contribution in [1.29, 1.82) is 0 Å². The van der Waals surface area contributed by atoms with E-state index in [2.05, 4.69) is 19.2 Å². The van der Waals surface area contributed by atoms with E-state index >= 15 is 0 Å². The van der Waals surface area contributed by atoms with Crippen LogP contribution in [0.25, 0.3) is 0 Å². The highest BCUT2D eigenvalue weighted by molar-refractivity contribution is 7.10. The van der Waals surface area contributed by atoms with Crippen LogP contribution in [0.1, 0.15) is 43.2 Å². The Labute approximate surface area is 129 Å². The molecule has 2 amide bonds. The zero-order valence-corrected chi connectivity index (χ0v) is 13.3. The first kappa shape index (κ1) is 15.8. The number of aliphatic carboxylic acids is 1. The third-order valence-corrected chi connectivity index (χ3v) is 5.15. The molecular formula is C15H22N2O3S. The summed E-state index contributed by atoms with van der Waals surface area (Å²) >= 11 is 1.56. The van der Waals surface area contributed by atoms with Crippen molar-refractivity contribution in [1.82, 2.24) is 10.2 Å². The number of hydrogen-bond acceptors (Lipinski definition) is 3. The summed E-state index contributed by atoms with van der Waals surface area (Å²) in [5, 5.41) is 14.3. The number of rotatable bonds is 5. The average Bonchev–Trinajstić information content (AvgIpc) is 2.94. The Bertz CT molecular complexity index is 511. The van der Waals surface area contributed by atoms with E-state index in [0.29, 0.717) is 19.0 Å². The quantitative estimate of drug-likeness (QED) is 0.878. The van der Waals surface area contributed by atoms with Crippen LogP contribution in [0.4, 0.5) is 4.79 Å². The van der Waals surface area contributed by atoms with Crippen LogP contribution in [0.15, 0.2) is 11.4 Å². The number of nitrogens with zero attached hydrogens (tertiary/aromatic N) is 1. The average molecular weight is 310 g/mol. The number of carbonyl (C=O) groups is 2. The lowest BCUT2D eigenvalue weighted by Crippen LogP contribution is -2.48. The van der Waals surface area contributed by atoms with Gasteiger partial charge >= 0.3 is 12.0 Å². The third kappa shape index (κ3) is 3.37. The monoisotopic (exact) mass is 310 g/mol. The van der Waals surface area contributed by atoms with Gasteiger partial charge in [-0.3, -0.25) is 0 Å². The van der Waals surface area contributed by atoms with E-state index in [1.54, 1.807) is 11.3 Å². The van der Waals surface area contributed by atoms with Crippen LogP contribution in [0.3, 0.4) is 0 Å². The van der Waals surface area contributed by atoms with Crippen molar-refractivity contribution in [2.45, 2.75) is 39.2 Å². The molecule has 2 rings (SSSR count). The van der Waals surface area contributed by atoms with E-state index in [-0.39, 0.29) is 6.03 Å². The van der Waals surface area contributed by atoms with Gasteiger partial charge in [-0.15, -0.1) is 11.3 Å². The van der Waals surface area contributed by atoms with Crippen molar-refractivity contribution in [3.05, 3.63) is 21.9 Å². The summed E-state index contributed by atoms with van der Waals surface area (Å²) in [7, 11) is 0. The Hall–Kier alpha value is -1.56. The van der Waals surface area contributed by atoms with E-state index in [4.69, 9.17) is 0 Å². The van der Waals surface area contributed by atoms with Gasteiger partial charge in [0.2, 0.25) is 0 Å². The number of carboxylic acid groups (broad SMARTS) is 1. The maximum absolute atomic E-state index is 12.3. The zero-order valence-electron chi connectivity index (χ0n) is 12.5. The summed E-state index contributed by atoms with van der Waals surface area (Å²) in [4.78, 5) is 26.4. The Morgan fingerprint density at radius 3 is 2.81 bits per heavy atom. The van der Waals surface area contributed by atoms with Gasteiger partial charge < -0.3 is 15.3 Å². The highest BCUT2D eigenvalue weighted by Gasteiger charge is 2.36. The minimum atomic E-state index is -0.966. The van der Waals surface area contributed by atoms with Gasteiger partial charge in [0.25, 0.3) is 0 Å². The number of fused-ring (bicyclic) bond motifs is 1. The SMILES string of the molecule is CCC(CC)CNC(=O)N1CCc2sccc2C1C(=O)O. The van der Waals surface area contributed by atoms with Gasteiger partial charge in [-0.2, -0.15) is 0 Å². The Morgan fingerprint density at radius 1 is 1.48 bits per heavy atom. The Balaban J connectivity index is 2.08. The molecule has 1 atom stereocenters. The molecule has 2 N–H and O–H groups in total. The van der Waals surface area contributed by atoms with E-state index in [1.807, 2.05) is 11.4 Å². The normalized spacial score (nSPS) is 17.7. The fourth-order valence-corrected chi connectivity index (χ4v) is 3.62. The molecule has 0 saturated carbocycles. The van der Waals surface area contributed by atoms with Crippen molar-refractivity contribution in [3.8, 4) is 0 Å². The number of nitrogens with one attached hydrogen (secondary N) is 1. The molecule has 0 bridgehead atoms. The molecule has 1 aromatic rings. The van der Waals surface area contributed by atoms with Gasteiger partial charge in [0, 0.05) is 18.0 Å². The predicted octanol–water partition coefficient (Wildman–Crippen LogP) is 2.88. The van der Waals surface area contributed by atoms with E-state index in [0.717, 1.165) is 29.7 Å². The van der Waals surface area contributed by atoms with Crippen LogP contribution in [0, 0.1) is 5.92 Å². The third-order valence-electron chi connectivity index (χ3n) is 4.16. The lowest BCUT2D eigenvalue weighted by molar-refractivity contribution is -0.142. The summed E-state index contributed by atoms with van der Waals surface area (Å²) in [5.74, 6) is -0.522. The van der Waals surface area contributed by atoms with Crippen LogP contribution < -0.4 is 5.32 Å². The standard InChI is InChI=1S/C15H22N2O3S/c1-3-10(4-2)9-16-15(20)17-7-5-12-11(6-8-21-12)13(17)14(18)19/h6,8,10,13H,3-5,7,9H2,1-2H3,(H,16,20)(H,18,19). The molecule has 1 unspecified atom stereocenters. The van der Waals surface area contributed by atoms with Crippen molar-refractivity contribution >= 4 is 23.3 Å². The number of carboxylic acids is 1. The lowest BCUT2D eigenvalue weighted by atomic mass is 10.0. The zero-order chi connectivity index (χ0) is 15.4. The van der Waals surface area contributed by atoms with Crippen molar-refractivity contribution in [2.24, 2.45) is 5.92 Å². The minimum Gasteiger partial charge on any atom is -0.479 e. The number of hydrogen-bond donors (Lipinski definition) is 2. The fourth-order valence-electron chi connectivity index (χ4n) is 2.71. The maximum atomic E-state index is 12.3. The van der Waals surface area contributed by atoms with Gasteiger partial charge in [-0.25, -0.2) is 9.59 Å². The lowest BCUT2D eigenvalue weighted by Gasteiger charge is -2.33. The van der Waals surface area contributed by atoms with Crippen LogP contribution in [-0.2, 0) is 11.2 Å². The molecule has 1 aliphatic rings. The Kier molecular flexibility index (Phi) is 5.22. The molecule has 2 heterocycles. The van der Waals surface area contributed by atoms with Gasteiger partial charge in [-0.1, -0.05) is 26.7 Å². The molecule has 116 valence electrons. The highest BCUT2D eigenvalue weighted by atomic mass is 32.1.